The first-order chi connectivity index (χ1) is 11.5. The van der Waals surface area contributed by atoms with E-state index < -0.39 is 16.1 Å². The zero-order valence-electron chi connectivity index (χ0n) is 13.9. The summed E-state index contributed by atoms with van der Waals surface area (Å²) in [6.07, 6.45) is 2.81. The molecule has 0 aromatic heterocycles. The van der Waals surface area contributed by atoms with E-state index in [1.807, 2.05) is 0 Å². The molecule has 0 radical (unpaired) electrons. The molecule has 8 heteroatoms. The van der Waals surface area contributed by atoms with Gasteiger partial charge in [0.1, 0.15) is 6.04 Å². The average molecular weight is 355 g/mol. The lowest BCUT2D eigenvalue weighted by atomic mass is 10.2. The third-order valence-corrected chi connectivity index (χ3v) is 6.04. The molecule has 0 saturated carbocycles. The maximum absolute atomic E-state index is 12.9. The van der Waals surface area contributed by atoms with E-state index in [1.165, 1.54) is 11.4 Å². The number of carbonyl (C=O) groups excluding carboxylic acids is 1. The van der Waals surface area contributed by atoms with Crippen LogP contribution in [-0.2, 0) is 26.1 Å². The number of hydrogen-bond acceptors (Lipinski definition) is 5. The van der Waals surface area contributed by atoms with Crippen molar-refractivity contribution in [2.45, 2.75) is 36.7 Å². The number of piperidine rings is 1. The SMILES string of the molecule is COCC(N)C(=O)NCc1ccccc1S(=O)(=O)N1CCCCC1. The van der Waals surface area contributed by atoms with Crippen LogP contribution in [0.5, 0.6) is 0 Å². The standard InChI is InChI=1S/C16H25N3O4S/c1-23-12-14(17)16(20)18-11-13-7-3-4-8-15(13)24(21,22)19-9-5-2-6-10-19/h3-4,7-8,14H,2,5-6,9-12,17H2,1H3,(H,18,20). The van der Waals surface area contributed by atoms with Gasteiger partial charge in [-0.2, -0.15) is 4.31 Å². The molecule has 1 unspecified atom stereocenters. The predicted octanol–water partition coefficient (Wildman–Crippen LogP) is 0.451. The lowest BCUT2D eigenvalue weighted by Gasteiger charge is -2.27. The van der Waals surface area contributed by atoms with Gasteiger partial charge in [0.25, 0.3) is 0 Å². The molecule has 2 rings (SSSR count). The highest BCUT2D eigenvalue weighted by Gasteiger charge is 2.28. The first kappa shape index (κ1) is 18.9. The molecule has 134 valence electrons. The summed E-state index contributed by atoms with van der Waals surface area (Å²) in [6, 6.07) is 5.96. The average Bonchev–Trinajstić information content (AvgIpc) is 2.60. The Hall–Kier alpha value is -1.48. The van der Waals surface area contributed by atoms with Crippen LogP contribution in [-0.4, -0.2) is 51.5 Å². The summed E-state index contributed by atoms with van der Waals surface area (Å²) < 4.78 is 32.1. The van der Waals surface area contributed by atoms with Crippen molar-refractivity contribution in [2.24, 2.45) is 5.73 Å². The van der Waals surface area contributed by atoms with Crippen LogP contribution in [0.3, 0.4) is 0 Å². The summed E-state index contributed by atoms with van der Waals surface area (Å²) in [4.78, 5) is 12.1. The van der Waals surface area contributed by atoms with Gasteiger partial charge in [-0.15, -0.1) is 0 Å². The van der Waals surface area contributed by atoms with E-state index in [9.17, 15) is 13.2 Å². The fraction of sp³-hybridized carbons (Fsp3) is 0.562. The molecule has 3 N–H and O–H groups in total. The molecule has 1 heterocycles. The van der Waals surface area contributed by atoms with Crippen LogP contribution in [0, 0.1) is 0 Å². The minimum absolute atomic E-state index is 0.111. The minimum Gasteiger partial charge on any atom is -0.383 e. The molecule has 1 amide bonds. The highest BCUT2D eigenvalue weighted by atomic mass is 32.2. The van der Waals surface area contributed by atoms with Gasteiger partial charge >= 0.3 is 0 Å². The lowest BCUT2D eigenvalue weighted by Crippen LogP contribution is -2.43. The molecule has 7 nitrogen and oxygen atoms in total. The smallest absolute Gasteiger partial charge is 0.243 e. The van der Waals surface area contributed by atoms with Crippen LogP contribution in [0.4, 0.5) is 0 Å². The number of amides is 1. The van der Waals surface area contributed by atoms with Crippen molar-refractivity contribution in [3.63, 3.8) is 0 Å². The maximum Gasteiger partial charge on any atom is 0.243 e. The van der Waals surface area contributed by atoms with Gasteiger partial charge < -0.3 is 15.8 Å². The highest BCUT2D eigenvalue weighted by Crippen LogP contribution is 2.23. The molecule has 1 aromatic rings. The number of benzene rings is 1. The first-order valence-electron chi connectivity index (χ1n) is 8.07. The van der Waals surface area contributed by atoms with E-state index in [4.69, 9.17) is 10.5 Å². The number of methoxy groups -OCH3 is 1. The van der Waals surface area contributed by atoms with Gasteiger partial charge in [0.2, 0.25) is 15.9 Å². The van der Waals surface area contributed by atoms with Crippen LogP contribution in [0.2, 0.25) is 0 Å². The summed E-state index contributed by atoms with van der Waals surface area (Å²) in [5, 5.41) is 2.67. The van der Waals surface area contributed by atoms with E-state index in [0.717, 1.165) is 19.3 Å². The van der Waals surface area contributed by atoms with Gasteiger partial charge in [-0.1, -0.05) is 24.6 Å². The summed E-state index contributed by atoms with van der Waals surface area (Å²) in [5.41, 5.74) is 6.23. The topological polar surface area (TPSA) is 102 Å². The zero-order chi connectivity index (χ0) is 17.6. The number of rotatable bonds is 7. The third-order valence-electron chi connectivity index (χ3n) is 4.04. The molecule has 0 aliphatic carbocycles. The van der Waals surface area contributed by atoms with Gasteiger partial charge in [0.05, 0.1) is 11.5 Å². The zero-order valence-corrected chi connectivity index (χ0v) is 14.7. The minimum atomic E-state index is -3.54. The van der Waals surface area contributed by atoms with Crippen molar-refractivity contribution in [1.82, 2.24) is 9.62 Å². The van der Waals surface area contributed by atoms with Crippen molar-refractivity contribution in [2.75, 3.05) is 26.8 Å². The summed E-state index contributed by atoms with van der Waals surface area (Å²) in [7, 11) is -2.08. The molecule has 0 spiro atoms. The van der Waals surface area contributed by atoms with Gasteiger partial charge in [0.15, 0.2) is 0 Å². The van der Waals surface area contributed by atoms with Crippen molar-refractivity contribution in [3.8, 4) is 0 Å². The Morgan fingerprint density at radius 3 is 2.62 bits per heavy atom. The van der Waals surface area contributed by atoms with Gasteiger partial charge in [-0.05, 0) is 24.5 Å². The van der Waals surface area contributed by atoms with Crippen molar-refractivity contribution in [3.05, 3.63) is 29.8 Å². The molecule has 1 aromatic carbocycles. The van der Waals surface area contributed by atoms with Gasteiger partial charge in [-0.25, -0.2) is 8.42 Å². The molecule has 24 heavy (non-hydrogen) atoms. The Kier molecular flexibility index (Phi) is 6.73. The van der Waals surface area contributed by atoms with Crippen LogP contribution in [0.25, 0.3) is 0 Å². The van der Waals surface area contributed by atoms with Crippen molar-refractivity contribution >= 4 is 15.9 Å². The van der Waals surface area contributed by atoms with Crippen LogP contribution in [0.1, 0.15) is 24.8 Å². The summed E-state index contributed by atoms with van der Waals surface area (Å²) in [5.74, 6) is -0.373. The molecular formula is C16H25N3O4S. The normalized spacial score (nSPS) is 17.4. The molecule has 1 fully saturated rings. The number of carbonyl (C=O) groups is 1. The van der Waals surface area contributed by atoms with Crippen LogP contribution >= 0.6 is 0 Å². The predicted molar refractivity (Wildman–Crippen MR) is 90.7 cm³/mol. The second-order valence-corrected chi connectivity index (χ2v) is 7.76. The van der Waals surface area contributed by atoms with Crippen LogP contribution < -0.4 is 11.1 Å². The van der Waals surface area contributed by atoms with Gasteiger partial charge in [0, 0.05) is 26.7 Å². The highest BCUT2D eigenvalue weighted by molar-refractivity contribution is 7.89. The maximum atomic E-state index is 12.9. The molecule has 0 bridgehead atoms. The molecule has 1 aliphatic heterocycles. The second-order valence-electron chi connectivity index (χ2n) is 5.85. The quantitative estimate of drug-likeness (QED) is 0.739. The number of nitrogens with one attached hydrogen (secondary N) is 1. The van der Waals surface area contributed by atoms with Crippen LogP contribution in [0.15, 0.2) is 29.2 Å². The number of hydrogen-bond donors (Lipinski definition) is 2. The van der Waals surface area contributed by atoms with E-state index in [1.54, 1.807) is 24.3 Å². The van der Waals surface area contributed by atoms with E-state index in [0.29, 0.717) is 18.7 Å². The first-order valence-corrected chi connectivity index (χ1v) is 9.51. The fourth-order valence-electron chi connectivity index (χ4n) is 2.71. The Labute approximate surface area is 143 Å². The monoisotopic (exact) mass is 355 g/mol. The largest absolute Gasteiger partial charge is 0.383 e. The summed E-state index contributed by atoms with van der Waals surface area (Å²) >= 11 is 0. The summed E-state index contributed by atoms with van der Waals surface area (Å²) in [6.45, 7) is 1.31. The van der Waals surface area contributed by atoms with Gasteiger partial charge in [-0.3, -0.25) is 4.79 Å². The Balaban J connectivity index is 2.13. The molecular weight excluding hydrogens is 330 g/mol. The van der Waals surface area contributed by atoms with E-state index >= 15 is 0 Å². The Morgan fingerprint density at radius 2 is 1.96 bits per heavy atom. The fourth-order valence-corrected chi connectivity index (χ4v) is 4.45. The third kappa shape index (κ3) is 4.54. The van der Waals surface area contributed by atoms with E-state index in [2.05, 4.69) is 5.32 Å². The Bertz CT molecular complexity index is 657. The molecule has 1 atom stereocenters. The van der Waals surface area contributed by atoms with Crippen molar-refractivity contribution in [1.29, 1.82) is 0 Å². The van der Waals surface area contributed by atoms with Crippen molar-refractivity contribution < 1.29 is 17.9 Å². The number of ether oxygens (including phenoxy) is 1. The Morgan fingerprint density at radius 1 is 1.29 bits per heavy atom. The lowest BCUT2D eigenvalue weighted by molar-refractivity contribution is -0.123. The number of sulfonamides is 1. The van der Waals surface area contributed by atoms with E-state index in [-0.39, 0.29) is 24.0 Å². The number of nitrogens with two attached hydrogens (primary N) is 1. The molecule has 1 aliphatic rings. The second kappa shape index (κ2) is 8.57. The molecule has 1 saturated heterocycles. The number of nitrogens with zero attached hydrogens (tertiary/aromatic N) is 1.